The first-order chi connectivity index (χ1) is 16.1. The standard InChI is InChI=1S/C25H31BrN4O3/c1-33-22-8-4-20(5-9-22)24-18-23(19-2-6-21(26)7-3-19)27-30(24)25(32)10-11-28-12-14-29(15-13-28)16-17-31/h2-9,24,31H,10-18H2,1H3/t24-/m0/s1. The van der Waals surface area contributed by atoms with Crippen LogP contribution in [0.2, 0.25) is 0 Å². The third-order valence-electron chi connectivity index (χ3n) is 6.37. The quantitative estimate of drug-likeness (QED) is 0.585. The molecular weight excluding hydrogens is 484 g/mol. The molecule has 1 amide bonds. The van der Waals surface area contributed by atoms with Gasteiger partial charge in [-0.3, -0.25) is 9.69 Å². The minimum atomic E-state index is -0.122. The number of methoxy groups -OCH3 is 1. The molecule has 176 valence electrons. The van der Waals surface area contributed by atoms with Crippen molar-refractivity contribution < 1.29 is 14.6 Å². The van der Waals surface area contributed by atoms with Crippen molar-refractivity contribution in [2.75, 3.05) is 53.0 Å². The Kier molecular flexibility index (Phi) is 8.14. The van der Waals surface area contributed by atoms with Gasteiger partial charge in [0, 0.05) is 56.6 Å². The van der Waals surface area contributed by atoms with Crippen LogP contribution >= 0.6 is 15.9 Å². The van der Waals surface area contributed by atoms with Gasteiger partial charge < -0.3 is 14.7 Å². The van der Waals surface area contributed by atoms with Gasteiger partial charge in [-0.2, -0.15) is 5.10 Å². The van der Waals surface area contributed by atoms with Gasteiger partial charge >= 0.3 is 0 Å². The molecule has 33 heavy (non-hydrogen) atoms. The number of aliphatic hydroxyl groups excluding tert-OH is 1. The van der Waals surface area contributed by atoms with Gasteiger partial charge in [0.2, 0.25) is 5.91 Å². The lowest BCUT2D eigenvalue weighted by Gasteiger charge is -2.34. The van der Waals surface area contributed by atoms with Crippen LogP contribution in [0.4, 0.5) is 0 Å². The Balaban J connectivity index is 1.46. The van der Waals surface area contributed by atoms with Crippen LogP contribution in [0.5, 0.6) is 5.75 Å². The monoisotopic (exact) mass is 514 g/mol. The van der Waals surface area contributed by atoms with Gasteiger partial charge in [0.05, 0.1) is 25.5 Å². The number of nitrogens with zero attached hydrogens (tertiary/aromatic N) is 4. The first kappa shape index (κ1) is 23.9. The lowest BCUT2D eigenvalue weighted by Crippen LogP contribution is -2.47. The number of carbonyl (C=O) groups is 1. The third-order valence-corrected chi connectivity index (χ3v) is 6.90. The summed E-state index contributed by atoms with van der Waals surface area (Å²) in [6.07, 6.45) is 1.11. The van der Waals surface area contributed by atoms with Crippen LogP contribution in [0.25, 0.3) is 0 Å². The van der Waals surface area contributed by atoms with E-state index in [-0.39, 0.29) is 18.6 Å². The van der Waals surface area contributed by atoms with Crippen molar-refractivity contribution in [2.24, 2.45) is 5.10 Å². The summed E-state index contributed by atoms with van der Waals surface area (Å²) >= 11 is 3.49. The molecule has 0 unspecified atom stereocenters. The number of rotatable bonds is 8. The summed E-state index contributed by atoms with van der Waals surface area (Å²) in [5.41, 5.74) is 3.01. The number of β-amino-alcohol motifs (C(OH)–C–C–N with tert-alkyl or cyclic N) is 1. The number of aliphatic hydroxyl groups is 1. The smallest absolute Gasteiger partial charge is 0.244 e. The molecule has 1 atom stereocenters. The summed E-state index contributed by atoms with van der Waals surface area (Å²) in [7, 11) is 1.65. The first-order valence-electron chi connectivity index (χ1n) is 11.4. The summed E-state index contributed by atoms with van der Waals surface area (Å²) in [5, 5.41) is 15.6. The van der Waals surface area contributed by atoms with Crippen molar-refractivity contribution in [3.8, 4) is 5.75 Å². The highest BCUT2D eigenvalue weighted by molar-refractivity contribution is 9.10. The molecular formula is C25H31BrN4O3. The van der Waals surface area contributed by atoms with E-state index in [1.807, 2.05) is 48.5 Å². The van der Waals surface area contributed by atoms with Crippen molar-refractivity contribution in [2.45, 2.75) is 18.9 Å². The average Bonchev–Trinajstić information content (AvgIpc) is 3.30. The summed E-state index contributed by atoms with van der Waals surface area (Å²) in [6.45, 7) is 5.33. The second-order valence-electron chi connectivity index (χ2n) is 8.44. The number of hydrazone groups is 1. The summed E-state index contributed by atoms with van der Waals surface area (Å²) < 4.78 is 6.32. The number of benzene rings is 2. The highest BCUT2D eigenvalue weighted by atomic mass is 79.9. The van der Waals surface area contributed by atoms with Crippen molar-refractivity contribution in [3.63, 3.8) is 0 Å². The molecule has 2 aliphatic rings. The molecule has 8 heteroatoms. The molecule has 0 spiro atoms. The topological polar surface area (TPSA) is 68.6 Å². The molecule has 1 N–H and O–H groups in total. The van der Waals surface area contributed by atoms with Crippen LogP contribution < -0.4 is 4.74 Å². The van der Waals surface area contributed by atoms with Crippen LogP contribution in [0.1, 0.15) is 30.0 Å². The highest BCUT2D eigenvalue weighted by Gasteiger charge is 2.33. The average molecular weight is 515 g/mol. The molecule has 1 saturated heterocycles. The molecule has 0 aromatic heterocycles. The fraction of sp³-hybridized carbons (Fsp3) is 0.440. The maximum Gasteiger partial charge on any atom is 0.244 e. The Morgan fingerprint density at radius 2 is 1.67 bits per heavy atom. The fourth-order valence-corrected chi connectivity index (χ4v) is 4.65. The predicted molar refractivity (Wildman–Crippen MR) is 132 cm³/mol. The lowest BCUT2D eigenvalue weighted by atomic mass is 9.98. The normalized spacial score (nSPS) is 19.5. The SMILES string of the molecule is COc1ccc([C@@H]2CC(c3ccc(Br)cc3)=NN2C(=O)CCN2CCN(CCO)CC2)cc1. The Morgan fingerprint density at radius 3 is 2.27 bits per heavy atom. The second kappa shape index (κ2) is 11.2. The van der Waals surface area contributed by atoms with E-state index in [2.05, 4.69) is 25.7 Å². The van der Waals surface area contributed by atoms with Crippen molar-refractivity contribution in [1.82, 2.24) is 14.8 Å². The molecule has 7 nitrogen and oxygen atoms in total. The van der Waals surface area contributed by atoms with E-state index in [0.717, 1.165) is 66.3 Å². The zero-order chi connectivity index (χ0) is 23.2. The number of piperazine rings is 1. The highest BCUT2D eigenvalue weighted by Crippen LogP contribution is 2.34. The van der Waals surface area contributed by atoms with E-state index in [4.69, 9.17) is 14.9 Å². The maximum atomic E-state index is 13.3. The van der Waals surface area contributed by atoms with E-state index < -0.39 is 0 Å². The Morgan fingerprint density at radius 1 is 1.03 bits per heavy atom. The fourth-order valence-electron chi connectivity index (χ4n) is 4.39. The van der Waals surface area contributed by atoms with Crippen LogP contribution in [0, 0.1) is 0 Å². The largest absolute Gasteiger partial charge is 0.497 e. The van der Waals surface area contributed by atoms with E-state index in [9.17, 15) is 4.79 Å². The predicted octanol–water partition coefficient (Wildman–Crippen LogP) is 3.14. The molecule has 2 aromatic rings. The van der Waals surface area contributed by atoms with E-state index in [1.165, 1.54) is 0 Å². The van der Waals surface area contributed by atoms with Gasteiger partial charge in [0.15, 0.2) is 0 Å². The van der Waals surface area contributed by atoms with Crippen molar-refractivity contribution in [1.29, 1.82) is 0 Å². The van der Waals surface area contributed by atoms with Crippen LogP contribution in [0.15, 0.2) is 58.1 Å². The zero-order valence-corrected chi connectivity index (χ0v) is 20.6. The number of amides is 1. The molecule has 2 aliphatic heterocycles. The Labute approximate surface area is 203 Å². The van der Waals surface area contributed by atoms with Crippen LogP contribution in [-0.4, -0.2) is 84.5 Å². The maximum absolute atomic E-state index is 13.3. The van der Waals surface area contributed by atoms with Gasteiger partial charge in [0.25, 0.3) is 0 Å². The molecule has 1 fully saturated rings. The van der Waals surface area contributed by atoms with Crippen molar-refractivity contribution in [3.05, 3.63) is 64.1 Å². The van der Waals surface area contributed by atoms with Gasteiger partial charge in [-0.05, 0) is 35.4 Å². The van der Waals surface area contributed by atoms with Gasteiger partial charge in [0.1, 0.15) is 5.75 Å². The molecule has 2 heterocycles. The van der Waals surface area contributed by atoms with E-state index >= 15 is 0 Å². The molecule has 2 aromatic carbocycles. The minimum Gasteiger partial charge on any atom is -0.497 e. The Bertz CT molecular complexity index is 957. The Hall–Kier alpha value is -2.26. The molecule has 0 aliphatic carbocycles. The lowest BCUT2D eigenvalue weighted by molar-refractivity contribution is -0.133. The number of ether oxygens (including phenoxy) is 1. The summed E-state index contributed by atoms with van der Waals surface area (Å²) in [5.74, 6) is 0.838. The molecule has 0 bridgehead atoms. The van der Waals surface area contributed by atoms with Crippen molar-refractivity contribution >= 4 is 27.5 Å². The summed E-state index contributed by atoms with van der Waals surface area (Å²) in [4.78, 5) is 17.9. The number of halogens is 1. The second-order valence-corrected chi connectivity index (χ2v) is 9.36. The number of carbonyl (C=O) groups excluding carboxylic acids is 1. The molecule has 4 rings (SSSR count). The number of hydrogen-bond donors (Lipinski definition) is 1. The van der Waals surface area contributed by atoms with Crippen LogP contribution in [0.3, 0.4) is 0 Å². The summed E-state index contributed by atoms with van der Waals surface area (Å²) in [6, 6.07) is 15.9. The minimum absolute atomic E-state index is 0.0423. The van der Waals surface area contributed by atoms with Gasteiger partial charge in [-0.15, -0.1) is 0 Å². The first-order valence-corrected chi connectivity index (χ1v) is 12.2. The zero-order valence-electron chi connectivity index (χ0n) is 19.0. The van der Waals surface area contributed by atoms with E-state index in [1.54, 1.807) is 12.1 Å². The van der Waals surface area contributed by atoms with E-state index in [0.29, 0.717) is 12.8 Å². The molecule has 0 radical (unpaired) electrons. The molecule has 0 saturated carbocycles. The van der Waals surface area contributed by atoms with Gasteiger partial charge in [-0.1, -0.05) is 40.2 Å². The van der Waals surface area contributed by atoms with Crippen LogP contribution in [-0.2, 0) is 4.79 Å². The third kappa shape index (κ3) is 6.00. The number of hydrogen-bond acceptors (Lipinski definition) is 6. The van der Waals surface area contributed by atoms with Gasteiger partial charge in [-0.25, -0.2) is 5.01 Å².